The van der Waals surface area contributed by atoms with Gasteiger partial charge in [-0.15, -0.1) is 5.10 Å². The van der Waals surface area contributed by atoms with Crippen LogP contribution in [0.4, 0.5) is 0 Å². The van der Waals surface area contributed by atoms with Gasteiger partial charge in [0.25, 0.3) is 11.3 Å². The molecule has 0 bridgehead atoms. The Morgan fingerprint density at radius 3 is 2.76 bits per heavy atom. The third-order valence-electron chi connectivity index (χ3n) is 2.21. The predicted molar refractivity (Wildman–Crippen MR) is 59.6 cm³/mol. The number of hydrogen-bond acceptors (Lipinski definition) is 5. The number of fused-ring (bicyclic) bond motifs is 1. The second-order valence-electron chi connectivity index (χ2n) is 3.30. The molecule has 0 amide bonds. The number of nitrogens with one attached hydrogen (secondary N) is 1. The summed E-state index contributed by atoms with van der Waals surface area (Å²) in [5, 5.41) is 15.2. The molecule has 2 aromatic heterocycles. The standard InChI is InChI=1S/C9H5ClN6O/c10-6-3-1-5(2-4-6)7-8(17)11-9-12-14-15-16(9)13-7/h1-4H,(H,11,12,15,17). The van der Waals surface area contributed by atoms with Crippen molar-refractivity contribution in [2.45, 2.75) is 0 Å². The molecule has 0 unspecified atom stereocenters. The fourth-order valence-corrected chi connectivity index (χ4v) is 1.55. The van der Waals surface area contributed by atoms with E-state index in [-0.39, 0.29) is 17.0 Å². The topological polar surface area (TPSA) is 88.8 Å². The molecule has 2 heterocycles. The first kappa shape index (κ1) is 9.91. The zero-order valence-electron chi connectivity index (χ0n) is 8.33. The summed E-state index contributed by atoms with van der Waals surface area (Å²) in [6, 6.07) is 6.77. The van der Waals surface area contributed by atoms with E-state index in [9.17, 15) is 4.79 Å². The molecular weight excluding hydrogens is 244 g/mol. The monoisotopic (exact) mass is 248 g/mol. The third-order valence-corrected chi connectivity index (χ3v) is 2.46. The molecule has 0 aliphatic carbocycles. The van der Waals surface area contributed by atoms with Gasteiger partial charge in [0.2, 0.25) is 0 Å². The highest BCUT2D eigenvalue weighted by molar-refractivity contribution is 6.30. The molecule has 17 heavy (non-hydrogen) atoms. The lowest BCUT2D eigenvalue weighted by Gasteiger charge is -1.99. The second kappa shape index (κ2) is 3.63. The molecule has 0 aliphatic rings. The second-order valence-corrected chi connectivity index (χ2v) is 3.74. The maximum Gasteiger partial charge on any atom is 0.279 e. The van der Waals surface area contributed by atoms with E-state index in [0.717, 1.165) is 4.63 Å². The minimum Gasteiger partial charge on any atom is -0.286 e. The maximum absolute atomic E-state index is 11.8. The predicted octanol–water partition coefficient (Wildman–Crippen LogP) is 0.528. The Hall–Kier alpha value is -2.28. The molecule has 84 valence electrons. The van der Waals surface area contributed by atoms with Crippen LogP contribution in [0.25, 0.3) is 17.0 Å². The normalized spacial score (nSPS) is 10.9. The van der Waals surface area contributed by atoms with Crippen LogP contribution < -0.4 is 5.56 Å². The summed E-state index contributed by atoms with van der Waals surface area (Å²) in [5.74, 6) is 0.202. The molecule has 3 rings (SSSR count). The largest absolute Gasteiger partial charge is 0.286 e. The van der Waals surface area contributed by atoms with Crippen molar-refractivity contribution in [1.82, 2.24) is 30.2 Å². The number of aromatic amines is 1. The van der Waals surface area contributed by atoms with Crippen molar-refractivity contribution in [3.63, 3.8) is 0 Å². The Morgan fingerprint density at radius 2 is 2.00 bits per heavy atom. The fraction of sp³-hybridized carbons (Fsp3) is 0. The molecule has 0 atom stereocenters. The Morgan fingerprint density at radius 1 is 1.24 bits per heavy atom. The van der Waals surface area contributed by atoms with Crippen molar-refractivity contribution in [3.05, 3.63) is 39.6 Å². The Labute approximate surface area is 99.0 Å². The number of nitrogens with zero attached hydrogens (tertiary/aromatic N) is 5. The van der Waals surface area contributed by atoms with E-state index in [0.29, 0.717) is 10.6 Å². The first-order valence-corrected chi connectivity index (χ1v) is 5.06. The number of tetrazole rings is 1. The van der Waals surface area contributed by atoms with Gasteiger partial charge in [-0.25, -0.2) is 0 Å². The van der Waals surface area contributed by atoms with E-state index in [1.54, 1.807) is 24.3 Å². The molecule has 0 radical (unpaired) electrons. The van der Waals surface area contributed by atoms with Gasteiger partial charge in [-0.1, -0.05) is 33.5 Å². The van der Waals surface area contributed by atoms with E-state index >= 15 is 0 Å². The quantitative estimate of drug-likeness (QED) is 0.678. The van der Waals surface area contributed by atoms with E-state index in [4.69, 9.17) is 11.6 Å². The Balaban J connectivity index is 2.25. The Kier molecular flexibility index (Phi) is 2.12. The summed E-state index contributed by atoms with van der Waals surface area (Å²) in [6.07, 6.45) is 0. The van der Waals surface area contributed by atoms with Crippen LogP contribution in [0, 0.1) is 0 Å². The lowest BCUT2D eigenvalue weighted by atomic mass is 10.2. The number of benzene rings is 1. The van der Waals surface area contributed by atoms with Gasteiger partial charge in [-0.05, 0) is 22.6 Å². The maximum atomic E-state index is 11.8. The zero-order chi connectivity index (χ0) is 11.8. The van der Waals surface area contributed by atoms with Crippen LogP contribution in [0.15, 0.2) is 29.1 Å². The van der Waals surface area contributed by atoms with Crippen LogP contribution in [-0.2, 0) is 0 Å². The van der Waals surface area contributed by atoms with Gasteiger partial charge >= 0.3 is 0 Å². The van der Waals surface area contributed by atoms with Gasteiger partial charge in [-0.3, -0.25) is 9.78 Å². The summed E-state index contributed by atoms with van der Waals surface area (Å²) >= 11 is 5.77. The molecule has 0 saturated carbocycles. The van der Waals surface area contributed by atoms with Crippen molar-refractivity contribution in [3.8, 4) is 11.3 Å². The van der Waals surface area contributed by atoms with E-state index < -0.39 is 0 Å². The van der Waals surface area contributed by atoms with Crippen molar-refractivity contribution in [1.29, 1.82) is 0 Å². The van der Waals surface area contributed by atoms with Crippen LogP contribution in [0.5, 0.6) is 0 Å². The van der Waals surface area contributed by atoms with Gasteiger partial charge in [0.1, 0.15) is 0 Å². The van der Waals surface area contributed by atoms with Crippen LogP contribution in [-0.4, -0.2) is 30.2 Å². The van der Waals surface area contributed by atoms with Crippen LogP contribution >= 0.6 is 11.6 Å². The molecule has 0 fully saturated rings. The highest BCUT2D eigenvalue weighted by Crippen LogP contribution is 2.16. The number of halogens is 1. The number of hydrogen-bond donors (Lipinski definition) is 1. The molecule has 0 saturated heterocycles. The summed E-state index contributed by atoms with van der Waals surface area (Å²) in [5.41, 5.74) is 0.532. The lowest BCUT2D eigenvalue weighted by Crippen LogP contribution is -2.15. The fourth-order valence-electron chi connectivity index (χ4n) is 1.42. The molecule has 7 nitrogen and oxygen atoms in total. The average Bonchev–Trinajstić information content (AvgIpc) is 2.76. The van der Waals surface area contributed by atoms with E-state index in [1.807, 2.05) is 0 Å². The summed E-state index contributed by atoms with van der Waals surface area (Å²) in [6.45, 7) is 0. The van der Waals surface area contributed by atoms with Crippen molar-refractivity contribution >= 4 is 17.4 Å². The minimum absolute atomic E-state index is 0.202. The molecule has 1 aromatic carbocycles. The molecule has 0 aliphatic heterocycles. The third kappa shape index (κ3) is 1.66. The SMILES string of the molecule is O=c1[nH]c2nnnn2nc1-c1ccc(Cl)cc1. The van der Waals surface area contributed by atoms with Crippen molar-refractivity contribution in [2.75, 3.05) is 0 Å². The van der Waals surface area contributed by atoms with E-state index in [1.165, 1.54) is 0 Å². The van der Waals surface area contributed by atoms with E-state index in [2.05, 4.69) is 25.6 Å². The number of aromatic nitrogens is 6. The highest BCUT2D eigenvalue weighted by atomic mass is 35.5. The first-order chi connectivity index (χ1) is 8.24. The highest BCUT2D eigenvalue weighted by Gasteiger charge is 2.08. The smallest absolute Gasteiger partial charge is 0.279 e. The van der Waals surface area contributed by atoms with Gasteiger partial charge in [-0.2, -0.15) is 0 Å². The lowest BCUT2D eigenvalue weighted by molar-refractivity contribution is 0.725. The van der Waals surface area contributed by atoms with Crippen LogP contribution in [0.1, 0.15) is 0 Å². The van der Waals surface area contributed by atoms with Crippen LogP contribution in [0.2, 0.25) is 5.02 Å². The van der Waals surface area contributed by atoms with Gasteiger partial charge in [0, 0.05) is 10.6 Å². The summed E-state index contributed by atoms with van der Waals surface area (Å²) < 4.78 is 1.16. The molecular formula is C9H5ClN6O. The Bertz CT molecular complexity index is 731. The molecule has 1 N–H and O–H groups in total. The minimum atomic E-state index is -0.352. The summed E-state index contributed by atoms with van der Waals surface area (Å²) in [7, 11) is 0. The van der Waals surface area contributed by atoms with Crippen molar-refractivity contribution in [2.24, 2.45) is 0 Å². The van der Waals surface area contributed by atoms with Gasteiger partial charge in [0.05, 0.1) is 0 Å². The van der Waals surface area contributed by atoms with Gasteiger partial charge < -0.3 is 0 Å². The molecule has 0 spiro atoms. The average molecular weight is 249 g/mol. The zero-order valence-corrected chi connectivity index (χ0v) is 9.09. The number of rotatable bonds is 1. The number of H-pyrrole nitrogens is 1. The molecule has 8 heteroatoms. The summed E-state index contributed by atoms with van der Waals surface area (Å²) in [4.78, 5) is 14.3. The van der Waals surface area contributed by atoms with Crippen LogP contribution in [0.3, 0.4) is 0 Å². The molecule has 3 aromatic rings. The van der Waals surface area contributed by atoms with Crippen molar-refractivity contribution < 1.29 is 0 Å². The van der Waals surface area contributed by atoms with Gasteiger partial charge in [0.15, 0.2) is 5.69 Å². The first-order valence-electron chi connectivity index (χ1n) is 4.69.